The van der Waals surface area contributed by atoms with Gasteiger partial charge in [-0.25, -0.2) is 0 Å². The Morgan fingerprint density at radius 1 is 1.18 bits per heavy atom. The predicted octanol–water partition coefficient (Wildman–Crippen LogP) is 1.50. The van der Waals surface area contributed by atoms with Crippen molar-refractivity contribution in [2.24, 2.45) is 0 Å². The van der Waals surface area contributed by atoms with Crippen LogP contribution in [0.1, 0.15) is 22.8 Å². The number of ketones is 1. The summed E-state index contributed by atoms with van der Waals surface area (Å²) in [4.78, 5) is 23.3. The molecule has 1 amide bonds. The van der Waals surface area contributed by atoms with Crippen LogP contribution in [-0.2, 0) is 17.9 Å². The number of hydrogen-bond acceptors (Lipinski definition) is 3. The molecule has 2 aromatic rings. The van der Waals surface area contributed by atoms with Crippen LogP contribution in [0.2, 0.25) is 0 Å². The number of methoxy groups -OCH3 is 1. The van der Waals surface area contributed by atoms with Gasteiger partial charge < -0.3 is 10.1 Å². The Morgan fingerprint density at radius 3 is 2.68 bits per heavy atom. The van der Waals surface area contributed by atoms with Gasteiger partial charge in [-0.05, 0) is 19.1 Å². The molecule has 0 aliphatic rings. The van der Waals surface area contributed by atoms with Gasteiger partial charge in [0.25, 0.3) is 5.91 Å². The Labute approximate surface area is 129 Å². The van der Waals surface area contributed by atoms with Crippen LogP contribution in [0, 0.1) is 0 Å². The molecule has 0 fully saturated rings. The van der Waals surface area contributed by atoms with Crippen molar-refractivity contribution in [2.75, 3.05) is 7.11 Å². The number of benzene rings is 1. The van der Waals surface area contributed by atoms with E-state index in [2.05, 4.69) is 5.32 Å². The van der Waals surface area contributed by atoms with Crippen molar-refractivity contribution >= 4 is 11.7 Å². The molecule has 0 saturated carbocycles. The third kappa shape index (κ3) is 4.15. The van der Waals surface area contributed by atoms with Gasteiger partial charge in [-0.15, -0.1) is 0 Å². The molecule has 2 rings (SSSR count). The topological polar surface area (TPSA) is 59.3 Å². The molecule has 1 aromatic carbocycles. The molecule has 5 heteroatoms. The van der Waals surface area contributed by atoms with Crippen LogP contribution in [-0.4, -0.2) is 18.8 Å². The lowest BCUT2D eigenvalue weighted by atomic mass is 10.2. The summed E-state index contributed by atoms with van der Waals surface area (Å²) in [6, 6.07) is 11.0. The third-order valence-corrected chi connectivity index (χ3v) is 3.26. The second kappa shape index (κ2) is 7.36. The van der Waals surface area contributed by atoms with Crippen LogP contribution < -0.4 is 14.6 Å². The Bertz CT molecular complexity index is 683. The molecule has 0 aliphatic carbocycles. The van der Waals surface area contributed by atoms with E-state index in [0.717, 1.165) is 11.3 Å². The van der Waals surface area contributed by atoms with E-state index in [0.29, 0.717) is 12.1 Å². The van der Waals surface area contributed by atoms with Crippen molar-refractivity contribution < 1.29 is 18.9 Å². The molecule has 22 heavy (non-hydrogen) atoms. The molecule has 0 spiro atoms. The first-order valence-corrected chi connectivity index (χ1v) is 6.99. The maximum absolute atomic E-state index is 12.0. The molecule has 5 nitrogen and oxygen atoms in total. The second-order valence-corrected chi connectivity index (χ2v) is 4.91. The first-order valence-electron chi connectivity index (χ1n) is 6.99. The van der Waals surface area contributed by atoms with Crippen LogP contribution >= 0.6 is 0 Å². The van der Waals surface area contributed by atoms with Crippen molar-refractivity contribution in [1.82, 2.24) is 5.32 Å². The number of amides is 1. The van der Waals surface area contributed by atoms with Crippen molar-refractivity contribution in [3.8, 4) is 5.75 Å². The number of rotatable bonds is 6. The quantitative estimate of drug-likeness (QED) is 0.649. The lowest BCUT2D eigenvalue weighted by Crippen LogP contribution is -2.42. The zero-order valence-corrected chi connectivity index (χ0v) is 12.7. The molecule has 1 aromatic heterocycles. The minimum Gasteiger partial charge on any atom is -0.496 e. The number of ether oxygens (including phenoxy) is 1. The molecule has 1 N–H and O–H groups in total. The monoisotopic (exact) mass is 299 g/mol. The summed E-state index contributed by atoms with van der Waals surface area (Å²) in [5.74, 6) is 0.592. The Hall–Kier alpha value is -2.69. The molecular weight excluding hydrogens is 280 g/mol. The van der Waals surface area contributed by atoms with E-state index in [1.165, 1.54) is 6.92 Å². The van der Waals surface area contributed by atoms with E-state index in [1.807, 2.05) is 24.3 Å². The van der Waals surface area contributed by atoms with Gasteiger partial charge in [-0.3, -0.25) is 9.59 Å². The zero-order chi connectivity index (χ0) is 15.9. The summed E-state index contributed by atoms with van der Waals surface area (Å²) >= 11 is 0. The molecule has 114 valence electrons. The van der Waals surface area contributed by atoms with Crippen LogP contribution in [0.4, 0.5) is 0 Å². The molecule has 0 saturated heterocycles. The number of nitrogens with zero attached hydrogens (tertiary/aromatic N) is 1. The number of carbonyl (C=O) groups excluding carboxylic acids is 2. The summed E-state index contributed by atoms with van der Waals surface area (Å²) in [6.07, 6.45) is 3.43. The summed E-state index contributed by atoms with van der Waals surface area (Å²) in [6.45, 7) is 2.06. The van der Waals surface area contributed by atoms with E-state index in [1.54, 1.807) is 36.2 Å². The molecule has 1 heterocycles. The van der Waals surface area contributed by atoms with Crippen LogP contribution in [0.5, 0.6) is 5.75 Å². The number of pyridine rings is 1. The maximum atomic E-state index is 12.0. The fourth-order valence-corrected chi connectivity index (χ4v) is 2.09. The van der Waals surface area contributed by atoms with Crippen molar-refractivity contribution in [2.45, 2.75) is 20.0 Å². The lowest BCUT2D eigenvalue weighted by molar-refractivity contribution is -0.684. The van der Waals surface area contributed by atoms with Crippen LogP contribution in [0.3, 0.4) is 0 Å². The number of hydrogen-bond donors (Lipinski definition) is 1. The predicted molar refractivity (Wildman–Crippen MR) is 81.5 cm³/mol. The molecule has 0 atom stereocenters. The standard InChI is InChI=1S/C17H18N2O3/c1-13(20)15-7-5-9-19(11-15)12-17(21)18-10-14-6-3-4-8-16(14)22-2/h3-9,11H,10,12H2,1-2H3/p+1. The average Bonchev–Trinajstić information content (AvgIpc) is 2.53. The number of nitrogens with one attached hydrogen (secondary N) is 1. The Morgan fingerprint density at radius 2 is 1.95 bits per heavy atom. The smallest absolute Gasteiger partial charge is 0.286 e. The van der Waals surface area contributed by atoms with E-state index in [-0.39, 0.29) is 18.2 Å². The maximum Gasteiger partial charge on any atom is 0.286 e. The van der Waals surface area contributed by atoms with Gasteiger partial charge in [-0.2, -0.15) is 4.57 Å². The summed E-state index contributed by atoms with van der Waals surface area (Å²) in [5, 5.41) is 2.85. The van der Waals surface area contributed by atoms with E-state index in [4.69, 9.17) is 4.74 Å². The van der Waals surface area contributed by atoms with Gasteiger partial charge in [0.2, 0.25) is 6.54 Å². The Balaban J connectivity index is 1.96. The first kappa shape index (κ1) is 15.7. The number of aromatic nitrogens is 1. The van der Waals surface area contributed by atoms with E-state index >= 15 is 0 Å². The molecule has 0 unspecified atom stereocenters. The molecule has 0 bridgehead atoms. The summed E-state index contributed by atoms with van der Waals surface area (Å²) in [7, 11) is 1.60. The van der Waals surface area contributed by atoms with E-state index in [9.17, 15) is 9.59 Å². The van der Waals surface area contributed by atoms with Crippen molar-refractivity contribution in [3.63, 3.8) is 0 Å². The number of carbonyl (C=O) groups is 2. The number of para-hydroxylation sites is 1. The summed E-state index contributed by atoms with van der Waals surface area (Å²) in [5.41, 5.74) is 1.50. The highest BCUT2D eigenvalue weighted by Crippen LogP contribution is 2.16. The zero-order valence-electron chi connectivity index (χ0n) is 12.7. The van der Waals surface area contributed by atoms with Gasteiger partial charge in [0, 0.05) is 18.2 Å². The molecule has 0 radical (unpaired) electrons. The van der Waals surface area contributed by atoms with Crippen molar-refractivity contribution in [3.05, 3.63) is 59.9 Å². The third-order valence-electron chi connectivity index (χ3n) is 3.26. The van der Waals surface area contributed by atoms with Gasteiger partial charge in [0.1, 0.15) is 5.75 Å². The summed E-state index contributed by atoms with van der Waals surface area (Å²) < 4.78 is 6.93. The van der Waals surface area contributed by atoms with Crippen molar-refractivity contribution in [1.29, 1.82) is 0 Å². The van der Waals surface area contributed by atoms with E-state index < -0.39 is 0 Å². The average molecular weight is 299 g/mol. The van der Waals surface area contributed by atoms with Crippen LogP contribution in [0.15, 0.2) is 48.8 Å². The highest BCUT2D eigenvalue weighted by atomic mass is 16.5. The van der Waals surface area contributed by atoms with Gasteiger partial charge in [0.05, 0.1) is 12.7 Å². The fraction of sp³-hybridized carbons (Fsp3) is 0.235. The van der Waals surface area contributed by atoms with Gasteiger partial charge >= 0.3 is 0 Å². The highest BCUT2D eigenvalue weighted by Gasteiger charge is 2.12. The minimum atomic E-state index is -0.128. The second-order valence-electron chi connectivity index (χ2n) is 4.91. The largest absolute Gasteiger partial charge is 0.496 e. The fourth-order valence-electron chi connectivity index (χ4n) is 2.09. The first-order chi connectivity index (χ1) is 10.6. The van der Waals surface area contributed by atoms with Gasteiger partial charge in [-0.1, -0.05) is 18.2 Å². The minimum absolute atomic E-state index is 0.0243. The lowest BCUT2D eigenvalue weighted by Gasteiger charge is -2.08. The Kier molecular flexibility index (Phi) is 5.25. The normalized spacial score (nSPS) is 10.1. The highest BCUT2D eigenvalue weighted by molar-refractivity contribution is 5.93. The van der Waals surface area contributed by atoms with Crippen LogP contribution in [0.25, 0.3) is 0 Å². The molecular formula is C17H19N2O3+. The SMILES string of the molecule is COc1ccccc1CNC(=O)C[n+]1cccc(C(C)=O)c1. The number of Topliss-reactive ketones (excluding diaryl/α,β-unsaturated/α-hetero) is 1. The van der Waals surface area contributed by atoms with Gasteiger partial charge in [0.15, 0.2) is 18.2 Å². The molecule has 0 aliphatic heterocycles.